The minimum atomic E-state index is -0.356. The van der Waals surface area contributed by atoms with Gasteiger partial charge < -0.3 is 14.0 Å². The summed E-state index contributed by atoms with van der Waals surface area (Å²) in [5.74, 6) is -0.0596. The van der Waals surface area contributed by atoms with Crippen LogP contribution in [0.3, 0.4) is 0 Å². The molecule has 3 atom stereocenters. The van der Waals surface area contributed by atoms with Crippen molar-refractivity contribution in [1.29, 1.82) is 0 Å². The van der Waals surface area contributed by atoms with Crippen molar-refractivity contribution in [2.24, 2.45) is 11.3 Å². The second-order valence-electron chi connectivity index (χ2n) is 6.50. The van der Waals surface area contributed by atoms with E-state index in [1.807, 2.05) is 0 Å². The first-order valence-electron chi connectivity index (χ1n) is 7.46. The van der Waals surface area contributed by atoms with Crippen LogP contribution in [-0.4, -0.2) is 29.4 Å². The number of hydrogen-bond donors (Lipinski definition) is 0. The summed E-state index contributed by atoms with van der Waals surface area (Å²) in [4.78, 5) is 23.7. The summed E-state index contributed by atoms with van der Waals surface area (Å²) < 4.78 is 12.8. The van der Waals surface area contributed by atoms with Crippen molar-refractivity contribution in [3.05, 3.63) is 34.7 Å². The van der Waals surface area contributed by atoms with E-state index in [1.165, 1.54) is 10.6 Å². The Labute approximate surface area is 123 Å². The number of nitrogens with zero attached hydrogens (tertiary/aromatic N) is 1. The maximum atomic E-state index is 12.1. The molecule has 2 heterocycles. The Bertz CT molecular complexity index is 592. The number of rotatable bonds is 3. The van der Waals surface area contributed by atoms with Gasteiger partial charge in [-0.25, -0.2) is 0 Å². The fraction of sp³-hybridized carbons (Fsp3) is 0.625. The second-order valence-corrected chi connectivity index (χ2v) is 6.50. The smallest absolute Gasteiger partial charge is 0.326 e. The van der Waals surface area contributed by atoms with Crippen molar-refractivity contribution < 1.29 is 14.3 Å². The number of carbonyl (C=O) groups excluding carboxylic acids is 1. The van der Waals surface area contributed by atoms with Crippen LogP contribution >= 0.6 is 0 Å². The Balaban J connectivity index is 1.65. The molecule has 114 valence electrons. The molecular weight excluding hydrogens is 270 g/mol. The van der Waals surface area contributed by atoms with Gasteiger partial charge in [0.05, 0.1) is 6.10 Å². The molecule has 0 amide bonds. The molecule has 5 nitrogen and oxygen atoms in total. The Kier molecular flexibility index (Phi) is 3.61. The molecule has 1 aromatic heterocycles. The van der Waals surface area contributed by atoms with Gasteiger partial charge >= 0.3 is 5.97 Å². The van der Waals surface area contributed by atoms with E-state index in [1.54, 1.807) is 18.3 Å². The van der Waals surface area contributed by atoms with Crippen molar-refractivity contribution in [1.82, 2.24) is 4.57 Å². The Morgan fingerprint density at radius 3 is 3.05 bits per heavy atom. The summed E-state index contributed by atoms with van der Waals surface area (Å²) >= 11 is 0. The van der Waals surface area contributed by atoms with Gasteiger partial charge in [-0.3, -0.25) is 9.59 Å². The predicted octanol–water partition coefficient (Wildman–Crippen LogP) is 1.60. The molecule has 0 unspecified atom stereocenters. The number of aromatic nitrogens is 1. The van der Waals surface area contributed by atoms with Crippen molar-refractivity contribution in [3.63, 3.8) is 0 Å². The molecule has 0 bridgehead atoms. The quantitative estimate of drug-likeness (QED) is 0.794. The van der Waals surface area contributed by atoms with Gasteiger partial charge in [-0.1, -0.05) is 19.9 Å². The van der Waals surface area contributed by atoms with Gasteiger partial charge in [0.1, 0.15) is 12.6 Å². The van der Waals surface area contributed by atoms with E-state index in [4.69, 9.17) is 9.47 Å². The van der Waals surface area contributed by atoms with Gasteiger partial charge in [-0.2, -0.15) is 0 Å². The predicted molar refractivity (Wildman–Crippen MR) is 76.8 cm³/mol. The first-order valence-corrected chi connectivity index (χ1v) is 7.46. The third-order valence-corrected chi connectivity index (χ3v) is 4.68. The lowest BCUT2D eigenvalue weighted by atomic mass is 9.57. The largest absolute Gasteiger partial charge is 0.460 e. The van der Waals surface area contributed by atoms with Crippen LogP contribution < -0.4 is 5.56 Å². The number of carbonyl (C=O) groups is 1. The monoisotopic (exact) mass is 291 g/mol. The lowest BCUT2D eigenvalue weighted by Gasteiger charge is -2.58. The number of pyridine rings is 1. The third kappa shape index (κ3) is 2.50. The van der Waals surface area contributed by atoms with Crippen molar-refractivity contribution in [2.75, 3.05) is 6.61 Å². The van der Waals surface area contributed by atoms with Gasteiger partial charge in [0.15, 0.2) is 0 Å². The van der Waals surface area contributed by atoms with Crippen molar-refractivity contribution >= 4 is 5.97 Å². The topological polar surface area (TPSA) is 57.5 Å². The average molecular weight is 291 g/mol. The van der Waals surface area contributed by atoms with Gasteiger partial charge in [-0.05, 0) is 18.9 Å². The molecule has 1 aliphatic heterocycles. The van der Waals surface area contributed by atoms with E-state index in [-0.39, 0.29) is 35.7 Å². The highest BCUT2D eigenvalue weighted by molar-refractivity contribution is 5.69. The molecule has 21 heavy (non-hydrogen) atoms. The molecule has 1 aromatic rings. The lowest BCUT2D eigenvalue weighted by Crippen LogP contribution is -2.65. The first-order chi connectivity index (χ1) is 10.00. The molecule has 3 rings (SSSR count). The summed E-state index contributed by atoms with van der Waals surface area (Å²) in [7, 11) is 0. The molecule has 2 fully saturated rings. The fourth-order valence-electron chi connectivity index (χ4n) is 3.62. The normalized spacial score (nSPS) is 30.1. The summed E-state index contributed by atoms with van der Waals surface area (Å²) in [5.41, 5.74) is -0.344. The van der Waals surface area contributed by atoms with Gasteiger partial charge in [0.25, 0.3) is 5.56 Å². The van der Waals surface area contributed by atoms with Gasteiger partial charge in [0.2, 0.25) is 0 Å². The molecule has 0 aromatic carbocycles. The molecule has 5 heteroatoms. The standard InChI is InChI=1S/C16H21NO4/c1-16(2)14-11(6-5-9-20-14)15(16)21-13(19)10-17-8-4-3-7-12(17)18/h3-4,7-8,11,14-15H,5-6,9-10H2,1-2H3/t11-,14-,15+/m1/s1. The molecule has 1 saturated carbocycles. The maximum Gasteiger partial charge on any atom is 0.326 e. The van der Waals surface area contributed by atoms with E-state index in [2.05, 4.69) is 13.8 Å². The minimum Gasteiger partial charge on any atom is -0.460 e. The molecule has 2 aliphatic rings. The number of fused-ring (bicyclic) bond motifs is 1. The molecule has 1 aliphatic carbocycles. The SMILES string of the molecule is CC1(C)[C@@H]2OCCC[C@H]2[C@@H]1OC(=O)Cn1ccccc1=O. The summed E-state index contributed by atoms with van der Waals surface area (Å²) in [6, 6.07) is 4.82. The Morgan fingerprint density at radius 2 is 2.29 bits per heavy atom. The van der Waals surface area contributed by atoms with Crippen molar-refractivity contribution in [3.8, 4) is 0 Å². The zero-order valence-electron chi connectivity index (χ0n) is 12.5. The van der Waals surface area contributed by atoms with Gasteiger partial charge in [-0.15, -0.1) is 0 Å². The van der Waals surface area contributed by atoms with E-state index >= 15 is 0 Å². The van der Waals surface area contributed by atoms with Crippen molar-refractivity contribution in [2.45, 2.75) is 45.4 Å². The Morgan fingerprint density at radius 1 is 1.48 bits per heavy atom. The molecule has 0 spiro atoms. The highest BCUT2D eigenvalue weighted by Crippen LogP contribution is 2.52. The number of ether oxygens (including phenoxy) is 2. The van der Waals surface area contributed by atoms with E-state index in [9.17, 15) is 9.59 Å². The number of esters is 1. The zero-order chi connectivity index (χ0) is 15.0. The van der Waals surface area contributed by atoms with Crippen LogP contribution in [-0.2, 0) is 20.8 Å². The van der Waals surface area contributed by atoms with Gasteiger partial charge in [0, 0.05) is 30.2 Å². The molecule has 0 radical (unpaired) electrons. The molecule has 0 N–H and O–H groups in total. The first kappa shape index (κ1) is 14.3. The van der Waals surface area contributed by atoms with Crippen LogP contribution in [0.1, 0.15) is 26.7 Å². The highest BCUT2D eigenvalue weighted by atomic mass is 16.6. The van der Waals surface area contributed by atoms with Crippen LogP contribution in [0.4, 0.5) is 0 Å². The highest BCUT2D eigenvalue weighted by Gasteiger charge is 2.60. The maximum absolute atomic E-state index is 12.1. The van der Waals surface area contributed by atoms with E-state index < -0.39 is 0 Å². The Hall–Kier alpha value is -1.62. The lowest BCUT2D eigenvalue weighted by molar-refractivity contribution is -0.255. The third-order valence-electron chi connectivity index (χ3n) is 4.68. The summed E-state index contributed by atoms with van der Waals surface area (Å²) in [5, 5.41) is 0. The second kappa shape index (κ2) is 5.30. The van der Waals surface area contributed by atoms with Crippen LogP contribution in [0.25, 0.3) is 0 Å². The summed E-state index contributed by atoms with van der Waals surface area (Å²) in [6.45, 7) is 4.91. The van der Waals surface area contributed by atoms with Crippen LogP contribution in [0.2, 0.25) is 0 Å². The van der Waals surface area contributed by atoms with Crippen LogP contribution in [0.5, 0.6) is 0 Å². The fourth-order valence-corrected chi connectivity index (χ4v) is 3.62. The number of hydrogen-bond acceptors (Lipinski definition) is 4. The molecule has 1 saturated heterocycles. The van der Waals surface area contributed by atoms with E-state index in [0.29, 0.717) is 5.92 Å². The molecular formula is C16H21NO4. The average Bonchev–Trinajstić information content (AvgIpc) is 2.47. The van der Waals surface area contributed by atoms with E-state index in [0.717, 1.165) is 19.4 Å². The van der Waals surface area contributed by atoms with Crippen LogP contribution in [0.15, 0.2) is 29.2 Å². The zero-order valence-corrected chi connectivity index (χ0v) is 12.5. The summed E-state index contributed by atoms with van der Waals surface area (Å²) in [6.07, 6.45) is 3.72. The van der Waals surface area contributed by atoms with Crippen LogP contribution in [0, 0.1) is 11.3 Å². The minimum absolute atomic E-state index is 0.0372.